The van der Waals surface area contributed by atoms with Crippen molar-refractivity contribution in [1.82, 2.24) is 26.8 Å². The van der Waals surface area contributed by atoms with E-state index >= 15 is 0 Å². The van der Waals surface area contributed by atoms with E-state index in [4.69, 9.17) is 10.8 Å². The van der Waals surface area contributed by atoms with Crippen molar-refractivity contribution >= 4 is 29.6 Å². The molecule has 1 aliphatic heterocycles. The van der Waals surface area contributed by atoms with Crippen LogP contribution < -0.4 is 32.5 Å². The number of carbonyl (C=O) groups is 5. The predicted octanol–water partition coefficient (Wildman–Crippen LogP) is -4.72. The number of aliphatic hydroxyl groups excluding tert-OH is 2. The van der Waals surface area contributed by atoms with Crippen LogP contribution in [0, 0.1) is 0 Å². The smallest absolute Gasteiger partial charge is 0.328 e. The van der Waals surface area contributed by atoms with Gasteiger partial charge in [0.2, 0.25) is 5.91 Å². The summed E-state index contributed by atoms with van der Waals surface area (Å²) >= 11 is 0. The first-order valence-electron chi connectivity index (χ1n) is 8.76. The monoisotopic (exact) mass is 418 g/mol. The van der Waals surface area contributed by atoms with Gasteiger partial charge >= 0.3 is 12.0 Å². The molecule has 0 aliphatic carbocycles. The molecule has 14 nitrogen and oxygen atoms in total. The second-order valence-corrected chi connectivity index (χ2v) is 6.49. The Morgan fingerprint density at radius 3 is 2.34 bits per heavy atom. The molecule has 5 atom stereocenters. The number of Topliss-reactive ketones (excluding diaryl/α,β-unsaturated/α-hetero) is 1. The van der Waals surface area contributed by atoms with Gasteiger partial charge in [0.25, 0.3) is 5.91 Å². The second-order valence-electron chi connectivity index (χ2n) is 6.49. The molecule has 0 saturated carbocycles. The normalized spacial score (nSPS) is 21.5. The first-order chi connectivity index (χ1) is 13.5. The fourth-order valence-electron chi connectivity index (χ4n) is 2.55. The van der Waals surface area contributed by atoms with E-state index in [1.165, 1.54) is 0 Å². The summed E-state index contributed by atoms with van der Waals surface area (Å²) in [5.74, 6) is -3.74. The average Bonchev–Trinajstić information content (AvgIpc) is 3.04. The van der Waals surface area contributed by atoms with Crippen molar-refractivity contribution < 1.29 is 39.3 Å². The molecule has 0 aromatic rings. The quantitative estimate of drug-likeness (QED) is 0.145. The van der Waals surface area contributed by atoms with Crippen LogP contribution in [0.4, 0.5) is 4.79 Å². The van der Waals surface area contributed by atoms with E-state index in [0.717, 1.165) is 6.92 Å². The molecule has 0 aromatic heterocycles. The van der Waals surface area contributed by atoms with Crippen LogP contribution in [0.25, 0.3) is 0 Å². The number of urea groups is 1. The number of carboxylic acids is 1. The third-order valence-electron chi connectivity index (χ3n) is 4.08. The molecule has 0 aromatic carbocycles. The summed E-state index contributed by atoms with van der Waals surface area (Å²) in [5.41, 5.74) is 9.61. The maximum atomic E-state index is 12.2. The summed E-state index contributed by atoms with van der Waals surface area (Å²) in [6.45, 7) is 1.11. The van der Waals surface area contributed by atoms with Gasteiger partial charge in [0.1, 0.15) is 6.04 Å². The first-order valence-corrected chi connectivity index (χ1v) is 8.76. The standard InChI is InChI=1S/C15H26N6O8/c1-6(22)11(14(27)28)20-15(29)19-7(4-10(16)25)9(24)5-18-21-13(26)12-8(23)2-3-17-12/h6-8,11-12,17-18,22-23H,2-5H2,1H3,(H2,16,25)(H,21,26)(H,27,28)(H2,19,20,29). The van der Waals surface area contributed by atoms with E-state index in [2.05, 4.69) is 21.5 Å². The Bertz CT molecular complexity index is 642. The highest BCUT2D eigenvalue weighted by Crippen LogP contribution is 2.05. The Balaban J connectivity index is 2.58. The summed E-state index contributed by atoms with van der Waals surface area (Å²) in [5, 5.41) is 34.8. The van der Waals surface area contributed by atoms with Crippen molar-refractivity contribution in [3.8, 4) is 0 Å². The van der Waals surface area contributed by atoms with Crippen molar-refractivity contribution in [2.24, 2.45) is 5.73 Å². The van der Waals surface area contributed by atoms with Gasteiger partial charge < -0.3 is 37.0 Å². The summed E-state index contributed by atoms with van der Waals surface area (Å²) in [6.07, 6.45) is -2.45. The highest BCUT2D eigenvalue weighted by Gasteiger charge is 2.31. The van der Waals surface area contributed by atoms with Gasteiger partial charge in [0.15, 0.2) is 11.8 Å². The lowest BCUT2D eigenvalue weighted by atomic mass is 10.1. The molecule has 0 spiro atoms. The molecular formula is C15H26N6O8. The zero-order valence-corrected chi connectivity index (χ0v) is 15.7. The Morgan fingerprint density at radius 2 is 1.86 bits per heavy atom. The lowest BCUT2D eigenvalue weighted by Crippen LogP contribution is -2.57. The van der Waals surface area contributed by atoms with Crippen LogP contribution in [-0.4, -0.2) is 88.3 Å². The topological polar surface area (TPSA) is 232 Å². The van der Waals surface area contributed by atoms with Crippen LogP contribution in [-0.2, 0) is 19.2 Å². The maximum absolute atomic E-state index is 12.2. The number of primary amides is 1. The predicted molar refractivity (Wildman–Crippen MR) is 95.9 cm³/mol. The number of aliphatic hydroxyl groups is 2. The number of hydrogen-bond acceptors (Lipinski definition) is 9. The number of amides is 4. The molecule has 164 valence electrons. The van der Waals surface area contributed by atoms with Gasteiger partial charge in [0.05, 0.1) is 31.2 Å². The number of carboxylic acid groups (broad SMARTS) is 1. The third kappa shape index (κ3) is 7.98. The van der Waals surface area contributed by atoms with Gasteiger partial charge in [-0.2, -0.15) is 0 Å². The minimum Gasteiger partial charge on any atom is -0.480 e. The molecule has 1 heterocycles. The Labute approximate surface area is 165 Å². The zero-order valence-electron chi connectivity index (χ0n) is 15.7. The molecule has 1 saturated heterocycles. The van der Waals surface area contributed by atoms with Crippen molar-refractivity contribution in [3.63, 3.8) is 0 Å². The summed E-state index contributed by atoms with van der Waals surface area (Å²) in [7, 11) is 0. The van der Waals surface area contributed by atoms with Gasteiger partial charge in [-0.05, 0) is 19.9 Å². The van der Waals surface area contributed by atoms with Gasteiger partial charge in [-0.15, -0.1) is 0 Å². The lowest BCUT2D eigenvalue weighted by molar-refractivity contribution is -0.141. The fraction of sp³-hybridized carbons (Fsp3) is 0.667. The number of aliphatic carboxylic acids is 1. The summed E-state index contributed by atoms with van der Waals surface area (Å²) in [6, 6.07) is -4.99. The fourth-order valence-corrected chi connectivity index (χ4v) is 2.55. The van der Waals surface area contributed by atoms with Crippen LogP contribution >= 0.6 is 0 Å². The highest BCUT2D eigenvalue weighted by molar-refractivity contribution is 5.94. The molecule has 29 heavy (non-hydrogen) atoms. The van der Waals surface area contributed by atoms with Crippen LogP contribution in [0.3, 0.4) is 0 Å². The Morgan fingerprint density at radius 1 is 1.21 bits per heavy atom. The van der Waals surface area contributed by atoms with E-state index < -0.39 is 72.9 Å². The number of hydrazine groups is 1. The molecular weight excluding hydrogens is 392 g/mol. The molecule has 1 fully saturated rings. The van der Waals surface area contributed by atoms with E-state index in [9.17, 15) is 34.2 Å². The van der Waals surface area contributed by atoms with Crippen molar-refractivity contribution in [1.29, 1.82) is 0 Å². The molecule has 4 amide bonds. The molecule has 1 rings (SSSR count). The summed E-state index contributed by atoms with van der Waals surface area (Å²) in [4.78, 5) is 58.2. The average molecular weight is 418 g/mol. The number of rotatable bonds is 11. The van der Waals surface area contributed by atoms with E-state index in [-0.39, 0.29) is 0 Å². The van der Waals surface area contributed by atoms with Crippen LogP contribution in [0.5, 0.6) is 0 Å². The van der Waals surface area contributed by atoms with Crippen LogP contribution in [0.2, 0.25) is 0 Å². The van der Waals surface area contributed by atoms with Gasteiger partial charge in [0, 0.05) is 0 Å². The third-order valence-corrected chi connectivity index (χ3v) is 4.08. The lowest BCUT2D eigenvalue weighted by Gasteiger charge is -2.21. The van der Waals surface area contributed by atoms with E-state index in [1.54, 1.807) is 0 Å². The number of nitrogens with two attached hydrogens (primary N) is 1. The molecule has 0 radical (unpaired) electrons. The number of ketones is 1. The number of nitrogens with one attached hydrogen (secondary N) is 5. The van der Waals surface area contributed by atoms with E-state index in [1.807, 2.05) is 5.32 Å². The van der Waals surface area contributed by atoms with Crippen molar-refractivity contribution in [3.05, 3.63) is 0 Å². The minimum atomic E-state index is -1.64. The first kappa shape index (κ1) is 24.2. The SMILES string of the molecule is CC(O)C(NC(=O)NC(CC(N)=O)C(=O)CNNC(=O)C1NCCC1O)C(=O)O. The van der Waals surface area contributed by atoms with Gasteiger partial charge in [-0.25, -0.2) is 15.0 Å². The molecule has 1 aliphatic rings. The maximum Gasteiger partial charge on any atom is 0.328 e. The molecule has 0 bridgehead atoms. The summed E-state index contributed by atoms with van der Waals surface area (Å²) < 4.78 is 0. The second kappa shape index (κ2) is 11.3. The van der Waals surface area contributed by atoms with Gasteiger partial charge in [-0.3, -0.25) is 19.8 Å². The van der Waals surface area contributed by atoms with Crippen molar-refractivity contribution in [2.45, 2.75) is 50.1 Å². The minimum absolute atomic E-state index is 0.403. The molecule has 5 unspecified atom stereocenters. The Kier molecular flexibility index (Phi) is 9.40. The van der Waals surface area contributed by atoms with Crippen LogP contribution in [0.1, 0.15) is 19.8 Å². The highest BCUT2D eigenvalue weighted by atomic mass is 16.4. The molecule has 14 heteroatoms. The van der Waals surface area contributed by atoms with Crippen molar-refractivity contribution in [2.75, 3.05) is 13.1 Å². The number of carbonyl (C=O) groups excluding carboxylic acids is 4. The largest absolute Gasteiger partial charge is 0.480 e. The Hall–Kier alpha value is -2.81. The van der Waals surface area contributed by atoms with Crippen LogP contribution in [0.15, 0.2) is 0 Å². The van der Waals surface area contributed by atoms with E-state index in [0.29, 0.717) is 13.0 Å². The van der Waals surface area contributed by atoms with Gasteiger partial charge in [-0.1, -0.05) is 0 Å². The number of hydrogen-bond donors (Lipinski definition) is 9. The zero-order chi connectivity index (χ0) is 22.1. The molecule has 10 N–H and O–H groups in total.